The highest BCUT2D eigenvalue weighted by molar-refractivity contribution is 7.96. The van der Waals surface area contributed by atoms with E-state index in [1.165, 1.54) is 0 Å². The maximum Gasteiger partial charge on any atom is 0.218 e. The van der Waals surface area contributed by atoms with Crippen molar-refractivity contribution in [1.29, 1.82) is 0 Å². The molecule has 0 aromatic rings. The van der Waals surface area contributed by atoms with Crippen LogP contribution in [0.25, 0.3) is 10.4 Å². The van der Waals surface area contributed by atoms with Gasteiger partial charge in [-0.05, 0) is 5.53 Å². The van der Waals surface area contributed by atoms with Crippen molar-refractivity contribution in [2.75, 3.05) is 13.3 Å². The number of azide groups is 1. The third kappa shape index (κ3) is 6.03. The van der Waals surface area contributed by atoms with Crippen LogP contribution in [-0.2, 0) is 0 Å². The summed E-state index contributed by atoms with van der Waals surface area (Å²) in [5.41, 5.74) is 7.80. The molecule has 3 nitrogen and oxygen atoms in total. The summed E-state index contributed by atoms with van der Waals surface area (Å²) in [4.78, 5) is 5.86. The third-order valence-electron chi connectivity index (χ3n) is 0.253. The van der Waals surface area contributed by atoms with Crippen molar-refractivity contribution in [3.63, 3.8) is 0 Å². The molecule has 0 spiro atoms. The molecule has 0 aromatic carbocycles. The number of rotatable bonds is 1. The maximum atomic E-state index is 7.80. The van der Waals surface area contributed by atoms with Gasteiger partial charge in [0, 0.05) is 4.91 Å². The molecule has 7 heavy (non-hydrogen) atoms. The first-order valence-electron chi connectivity index (χ1n) is 1.66. The molecular formula is C2H6ClN3P+. The molecule has 0 aliphatic rings. The summed E-state index contributed by atoms with van der Waals surface area (Å²) in [7, 11) is 0. The van der Waals surface area contributed by atoms with Crippen LogP contribution in [0.2, 0.25) is 0 Å². The molecule has 0 N–H and O–H groups in total. The molecule has 0 aliphatic carbocycles. The van der Waals surface area contributed by atoms with Crippen LogP contribution in [0.15, 0.2) is 4.88 Å². The van der Waals surface area contributed by atoms with Gasteiger partial charge in [0.2, 0.25) is 6.77 Å². The first-order chi connectivity index (χ1) is 3.06. The minimum Gasteiger partial charge on any atom is -0.000311 e. The molecule has 0 aromatic heterocycles. The van der Waals surface area contributed by atoms with Gasteiger partial charge in [0.25, 0.3) is 0 Å². The normalized spacial score (nSPS) is 10.1. The van der Waals surface area contributed by atoms with E-state index in [-0.39, 0.29) is 0 Å². The first-order valence-corrected chi connectivity index (χ1v) is 5.20. The lowest BCUT2D eigenvalue weighted by Gasteiger charge is -1.89. The number of hydrogen-bond donors (Lipinski definition) is 0. The molecule has 0 radical (unpaired) electrons. The Morgan fingerprint density at radius 3 is 2.14 bits per heavy atom. The summed E-state index contributed by atoms with van der Waals surface area (Å²) in [6, 6.07) is 0. The van der Waals surface area contributed by atoms with Gasteiger partial charge in [0.15, 0.2) is 0 Å². The molecule has 0 aliphatic heterocycles. The van der Waals surface area contributed by atoms with Gasteiger partial charge in [-0.25, -0.2) is 0 Å². The SMILES string of the molecule is C[P+](C)(Cl)N=[N+]=[N-]. The Bertz CT molecular complexity index is 100.0. The minimum absolute atomic E-state index is 1.73. The van der Waals surface area contributed by atoms with E-state index in [0.29, 0.717) is 0 Å². The van der Waals surface area contributed by atoms with Gasteiger partial charge < -0.3 is 0 Å². The molecule has 0 atom stereocenters. The van der Waals surface area contributed by atoms with E-state index >= 15 is 0 Å². The van der Waals surface area contributed by atoms with Crippen LogP contribution < -0.4 is 0 Å². The Kier molecular flexibility index (Phi) is 2.38. The lowest BCUT2D eigenvalue weighted by molar-refractivity contribution is 1.72. The van der Waals surface area contributed by atoms with E-state index < -0.39 is 6.77 Å². The first kappa shape index (κ1) is 7.03. The summed E-state index contributed by atoms with van der Waals surface area (Å²) < 4.78 is 0. The predicted octanol–water partition coefficient (Wildman–Crippen LogP) is 2.64. The summed E-state index contributed by atoms with van der Waals surface area (Å²) in [5, 5.41) is 0. The minimum atomic E-state index is -1.74. The molecule has 0 fully saturated rings. The van der Waals surface area contributed by atoms with Crippen LogP contribution in [0.4, 0.5) is 0 Å². The quantitative estimate of drug-likeness (QED) is 0.232. The molecule has 0 saturated carbocycles. The summed E-state index contributed by atoms with van der Waals surface area (Å²) in [6.07, 6.45) is 0. The van der Waals surface area contributed by atoms with Crippen LogP contribution in [0.1, 0.15) is 0 Å². The van der Waals surface area contributed by atoms with Crippen molar-refractivity contribution < 1.29 is 0 Å². The fourth-order valence-corrected chi connectivity index (χ4v) is 0.376. The predicted molar refractivity (Wildman–Crippen MR) is 33.8 cm³/mol. The van der Waals surface area contributed by atoms with Crippen molar-refractivity contribution in [3.8, 4) is 0 Å². The second-order valence-electron chi connectivity index (χ2n) is 1.44. The van der Waals surface area contributed by atoms with Gasteiger partial charge in [-0.3, -0.25) is 0 Å². The lowest BCUT2D eigenvalue weighted by atomic mass is 11.9. The van der Waals surface area contributed by atoms with E-state index in [4.69, 9.17) is 16.8 Å². The molecular weight excluding hydrogens is 132 g/mol. The van der Waals surface area contributed by atoms with Gasteiger partial charge in [-0.15, -0.1) is 0 Å². The Labute approximate surface area is 47.5 Å². The van der Waals surface area contributed by atoms with E-state index in [1.807, 2.05) is 0 Å². The highest BCUT2D eigenvalue weighted by Gasteiger charge is 2.19. The van der Waals surface area contributed by atoms with Crippen molar-refractivity contribution in [3.05, 3.63) is 10.4 Å². The van der Waals surface area contributed by atoms with Gasteiger partial charge in [-0.2, -0.15) is 0 Å². The van der Waals surface area contributed by atoms with Gasteiger partial charge in [-0.1, -0.05) is 0 Å². The highest BCUT2D eigenvalue weighted by atomic mass is 35.7. The standard InChI is InChI=1S/C2H6ClN3P/c1-7(2,3)6-5-4/h1-2H3/q+1. The lowest BCUT2D eigenvalue weighted by Crippen LogP contribution is -1.63. The molecule has 0 saturated heterocycles. The molecule has 0 heterocycles. The summed E-state index contributed by atoms with van der Waals surface area (Å²) in [5.74, 6) is 0. The monoisotopic (exact) mass is 138 g/mol. The van der Waals surface area contributed by atoms with Crippen molar-refractivity contribution in [2.45, 2.75) is 0 Å². The largest absolute Gasteiger partial charge is 0.218 e. The average Bonchev–Trinajstić information content (AvgIpc) is 1.30. The van der Waals surface area contributed by atoms with Crippen LogP contribution >= 0.6 is 18.0 Å². The Morgan fingerprint density at radius 2 is 2.14 bits per heavy atom. The maximum absolute atomic E-state index is 7.80. The van der Waals surface area contributed by atoms with Crippen LogP contribution in [0, 0.1) is 0 Å². The smallest absolute Gasteiger partial charge is 0.000311 e. The molecule has 0 unspecified atom stereocenters. The molecule has 5 heteroatoms. The van der Waals surface area contributed by atoms with Gasteiger partial charge in [0.1, 0.15) is 11.2 Å². The second kappa shape index (κ2) is 2.37. The van der Waals surface area contributed by atoms with E-state index in [9.17, 15) is 0 Å². The van der Waals surface area contributed by atoms with Crippen LogP contribution in [0.3, 0.4) is 0 Å². The Hall–Kier alpha value is 0.0300. The third-order valence-corrected chi connectivity index (χ3v) is 0.961. The van der Waals surface area contributed by atoms with Crippen molar-refractivity contribution in [1.82, 2.24) is 0 Å². The van der Waals surface area contributed by atoms with Crippen LogP contribution in [0.5, 0.6) is 0 Å². The number of halogens is 1. The van der Waals surface area contributed by atoms with E-state index in [0.717, 1.165) is 0 Å². The van der Waals surface area contributed by atoms with Crippen molar-refractivity contribution in [2.24, 2.45) is 4.88 Å². The molecule has 40 valence electrons. The Balaban J connectivity index is 3.80. The fourth-order valence-electron chi connectivity index (χ4n) is 0.0951. The topological polar surface area (TPSA) is 48.8 Å². The summed E-state index contributed by atoms with van der Waals surface area (Å²) >= 11 is 5.52. The molecule has 0 bridgehead atoms. The molecule has 0 amide bonds. The average molecular weight is 139 g/mol. The van der Waals surface area contributed by atoms with Crippen molar-refractivity contribution >= 4 is 18.0 Å². The van der Waals surface area contributed by atoms with Gasteiger partial charge >= 0.3 is 0 Å². The zero-order valence-electron chi connectivity index (χ0n) is 4.17. The number of hydrogen-bond acceptors (Lipinski definition) is 1. The highest BCUT2D eigenvalue weighted by Crippen LogP contribution is 2.58. The zero-order valence-corrected chi connectivity index (χ0v) is 5.82. The second-order valence-corrected chi connectivity index (χ2v) is 6.62. The molecule has 0 rings (SSSR count). The fraction of sp³-hybridized carbons (Fsp3) is 1.00. The Morgan fingerprint density at radius 1 is 1.71 bits per heavy atom. The van der Waals surface area contributed by atoms with E-state index in [2.05, 4.69) is 9.80 Å². The number of nitrogens with zero attached hydrogens (tertiary/aromatic N) is 3. The van der Waals surface area contributed by atoms with Crippen LogP contribution in [-0.4, -0.2) is 13.3 Å². The zero-order chi connectivity index (χ0) is 5.91. The van der Waals surface area contributed by atoms with Gasteiger partial charge in [0.05, 0.1) is 18.2 Å². The van der Waals surface area contributed by atoms with E-state index in [1.54, 1.807) is 13.3 Å². The summed E-state index contributed by atoms with van der Waals surface area (Å²) in [6.45, 7) is 1.73.